The van der Waals surface area contributed by atoms with Gasteiger partial charge < -0.3 is 14.1 Å². The molecule has 0 saturated carbocycles. The number of hydrogen-bond donors (Lipinski definition) is 0. The highest BCUT2D eigenvalue weighted by Gasteiger charge is 2.21. The van der Waals surface area contributed by atoms with Crippen molar-refractivity contribution in [1.29, 1.82) is 0 Å². The molecule has 0 aliphatic heterocycles. The second-order valence-corrected chi connectivity index (χ2v) is 7.22. The minimum atomic E-state index is -0.556. The average molecular weight is 429 g/mol. The Morgan fingerprint density at radius 3 is 2.47 bits per heavy atom. The highest BCUT2D eigenvalue weighted by molar-refractivity contribution is 7.99. The first kappa shape index (κ1) is 21.5. The number of thioether (sulfide) groups is 1. The van der Waals surface area contributed by atoms with Crippen LogP contribution < -0.4 is 4.90 Å². The van der Waals surface area contributed by atoms with E-state index < -0.39 is 11.8 Å². The fourth-order valence-corrected chi connectivity index (χ4v) is 3.20. The van der Waals surface area contributed by atoms with E-state index in [0.717, 1.165) is 22.9 Å². The fraction of sp³-hybridized carbons (Fsp3) is 0.238. The number of carbonyl (C=O) groups is 2. The van der Waals surface area contributed by atoms with Crippen LogP contribution in [-0.4, -0.2) is 41.0 Å². The quantitative estimate of drug-likeness (QED) is 0.397. The topological polar surface area (TPSA) is 85.5 Å². The van der Waals surface area contributed by atoms with Gasteiger partial charge in [-0.15, -0.1) is 10.2 Å². The molecule has 0 fully saturated rings. The molecule has 2 aromatic carbocycles. The van der Waals surface area contributed by atoms with Gasteiger partial charge in [0.05, 0.1) is 12.4 Å². The first-order valence-corrected chi connectivity index (χ1v) is 10.2. The molecule has 3 aromatic rings. The fourth-order valence-electron chi connectivity index (χ4n) is 2.56. The van der Waals surface area contributed by atoms with E-state index in [1.807, 2.05) is 31.2 Å². The van der Waals surface area contributed by atoms with Gasteiger partial charge in [-0.05, 0) is 50.2 Å². The van der Waals surface area contributed by atoms with Crippen molar-refractivity contribution in [3.05, 3.63) is 59.9 Å². The number of halogens is 1. The van der Waals surface area contributed by atoms with Gasteiger partial charge >= 0.3 is 5.97 Å². The summed E-state index contributed by atoms with van der Waals surface area (Å²) in [5, 5.41) is 8.19. The molecular formula is C21H20FN3O4S. The SMILES string of the molecule is CCOC(=O)CN(C(=O)CSc1nnc(-c2ccc(C)cc2)o1)c1ccc(F)cc1. The van der Waals surface area contributed by atoms with Gasteiger partial charge in [-0.2, -0.15) is 0 Å². The molecule has 0 N–H and O–H groups in total. The second-order valence-electron chi connectivity index (χ2n) is 6.29. The van der Waals surface area contributed by atoms with Crippen LogP contribution in [0.5, 0.6) is 0 Å². The Morgan fingerprint density at radius 2 is 1.80 bits per heavy atom. The third-order valence-electron chi connectivity index (χ3n) is 4.06. The Hall–Kier alpha value is -3.20. The number of aromatic nitrogens is 2. The first-order valence-electron chi connectivity index (χ1n) is 9.21. The van der Waals surface area contributed by atoms with Gasteiger partial charge in [-0.1, -0.05) is 29.5 Å². The molecule has 0 atom stereocenters. The summed E-state index contributed by atoms with van der Waals surface area (Å²) in [5.74, 6) is -1.07. The Labute approximate surface area is 177 Å². The van der Waals surface area contributed by atoms with Crippen LogP contribution in [-0.2, 0) is 14.3 Å². The van der Waals surface area contributed by atoms with Crippen molar-refractivity contribution in [3.8, 4) is 11.5 Å². The standard InChI is InChI=1S/C21H20FN3O4S/c1-3-28-19(27)12-25(17-10-8-16(22)9-11-17)18(26)13-30-21-24-23-20(29-21)15-6-4-14(2)5-7-15/h4-11H,3,12-13H2,1-2H3. The van der Waals surface area contributed by atoms with E-state index in [-0.39, 0.29) is 30.0 Å². The molecule has 3 rings (SSSR count). The zero-order valence-corrected chi connectivity index (χ0v) is 17.3. The monoisotopic (exact) mass is 429 g/mol. The maximum atomic E-state index is 13.2. The predicted octanol–water partition coefficient (Wildman–Crippen LogP) is 3.87. The summed E-state index contributed by atoms with van der Waals surface area (Å²) in [6.07, 6.45) is 0. The maximum Gasteiger partial charge on any atom is 0.326 e. The number of amides is 1. The molecule has 0 aliphatic carbocycles. The molecule has 9 heteroatoms. The van der Waals surface area contributed by atoms with Crippen molar-refractivity contribution in [3.63, 3.8) is 0 Å². The number of benzene rings is 2. The minimum Gasteiger partial charge on any atom is -0.465 e. The van der Waals surface area contributed by atoms with Crippen LogP contribution >= 0.6 is 11.8 Å². The summed E-state index contributed by atoms with van der Waals surface area (Å²) in [6.45, 7) is 3.58. The molecule has 7 nitrogen and oxygen atoms in total. The van der Waals surface area contributed by atoms with Crippen molar-refractivity contribution >= 4 is 29.3 Å². The van der Waals surface area contributed by atoms with E-state index in [4.69, 9.17) is 9.15 Å². The minimum absolute atomic E-state index is 0.0493. The Kier molecular flexibility index (Phi) is 7.18. The third-order valence-corrected chi connectivity index (χ3v) is 4.86. The van der Waals surface area contributed by atoms with E-state index in [9.17, 15) is 14.0 Å². The summed E-state index contributed by atoms with van der Waals surface area (Å²) >= 11 is 1.06. The largest absolute Gasteiger partial charge is 0.465 e. The molecule has 0 aliphatic rings. The van der Waals surface area contributed by atoms with Crippen LogP contribution in [0.1, 0.15) is 12.5 Å². The number of nitrogens with zero attached hydrogens (tertiary/aromatic N) is 3. The Balaban J connectivity index is 1.68. The van der Waals surface area contributed by atoms with E-state index in [1.165, 1.54) is 29.2 Å². The van der Waals surface area contributed by atoms with Crippen LogP contribution in [0.3, 0.4) is 0 Å². The number of ether oxygens (including phenoxy) is 1. The molecule has 156 valence electrons. The molecule has 1 aromatic heterocycles. The lowest BCUT2D eigenvalue weighted by Crippen LogP contribution is -2.37. The van der Waals surface area contributed by atoms with Gasteiger partial charge in [0.1, 0.15) is 12.4 Å². The van der Waals surface area contributed by atoms with Gasteiger partial charge in [0.15, 0.2) is 0 Å². The highest BCUT2D eigenvalue weighted by Crippen LogP contribution is 2.24. The second kappa shape index (κ2) is 10.0. The predicted molar refractivity (Wildman–Crippen MR) is 111 cm³/mol. The number of hydrogen-bond acceptors (Lipinski definition) is 7. The average Bonchev–Trinajstić information content (AvgIpc) is 3.21. The first-order chi connectivity index (χ1) is 14.5. The smallest absolute Gasteiger partial charge is 0.326 e. The third kappa shape index (κ3) is 5.66. The Morgan fingerprint density at radius 1 is 1.10 bits per heavy atom. The van der Waals surface area contributed by atoms with Crippen molar-refractivity contribution in [2.24, 2.45) is 0 Å². The molecule has 1 amide bonds. The van der Waals surface area contributed by atoms with Gasteiger partial charge in [0.2, 0.25) is 11.8 Å². The van der Waals surface area contributed by atoms with Gasteiger partial charge in [-0.25, -0.2) is 4.39 Å². The zero-order valence-electron chi connectivity index (χ0n) is 16.5. The highest BCUT2D eigenvalue weighted by atomic mass is 32.2. The number of rotatable bonds is 8. The maximum absolute atomic E-state index is 13.2. The molecule has 0 unspecified atom stereocenters. The number of anilines is 1. The van der Waals surface area contributed by atoms with Crippen LogP contribution in [0.4, 0.5) is 10.1 Å². The summed E-state index contributed by atoms with van der Waals surface area (Å²) in [5.41, 5.74) is 2.28. The lowest BCUT2D eigenvalue weighted by atomic mass is 10.1. The summed E-state index contributed by atoms with van der Waals surface area (Å²) in [4.78, 5) is 25.9. The van der Waals surface area contributed by atoms with Crippen molar-refractivity contribution in [2.45, 2.75) is 19.1 Å². The summed E-state index contributed by atoms with van der Waals surface area (Å²) < 4.78 is 23.8. The molecule has 0 spiro atoms. The molecule has 0 saturated heterocycles. The van der Waals surface area contributed by atoms with E-state index in [1.54, 1.807) is 6.92 Å². The summed E-state index contributed by atoms with van der Waals surface area (Å²) in [6, 6.07) is 12.9. The molecule has 0 bridgehead atoms. The Bertz CT molecular complexity index is 1010. The van der Waals surface area contributed by atoms with Crippen LogP contribution in [0.25, 0.3) is 11.5 Å². The zero-order chi connectivity index (χ0) is 21.5. The van der Waals surface area contributed by atoms with Crippen molar-refractivity contribution in [1.82, 2.24) is 10.2 Å². The number of carbonyl (C=O) groups excluding carboxylic acids is 2. The lowest BCUT2D eigenvalue weighted by molar-refractivity contribution is -0.142. The molecule has 1 heterocycles. The van der Waals surface area contributed by atoms with Crippen LogP contribution in [0.2, 0.25) is 0 Å². The normalized spacial score (nSPS) is 10.6. The van der Waals surface area contributed by atoms with Gasteiger partial charge in [0.25, 0.3) is 5.22 Å². The van der Waals surface area contributed by atoms with Crippen molar-refractivity contribution in [2.75, 3.05) is 23.8 Å². The number of esters is 1. The lowest BCUT2D eigenvalue weighted by Gasteiger charge is -2.21. The summed E-state index contributed by atoms with van der Waals surface area (Å²) in [7, 11) is 0. The van der Waals surface area contributed by atoms with Crippen LogP contribution in [0.15, 0.2) is 58.2 Å². The number of aryl methyl sites for hydroxylation is 1. The van der Waals surface area contributed by atoms with E-state index in [2.05, 4.69) is 10.2 Å². The van der Waals surface area contributed by atoms with Gasteiger partial charge in [-0.3, -0.25) is 9.59 Å². The van der Waals surface area contributed by atoms with Crippen LogP contribution in [0, 0.1) is 12.7 Å². The molecule has 0 radical (unpaired) electrons. The van der Waals surface area contributed by atoms with E-state index in [0.29, 0.717) is 11.6 Å². The van der Waals surface area contributed by atoms with E-state index >= 15 is 0 Å². The van der Waals surface area contributed by atoms with Gasteiger partial charge in [0, 0.05) is 11.3 Å². The molecule has 30 heavy (non-hydrogen) atoms. The molecular weight excluding hydrogens is 409 g/mol. The van der Waals surface area contributed by atoms with Crippen molar-refractivity contribution < 1.29 is 23.1 Å².